The zero-order chi connectivity index (χ0) is 14.8. The van der Waals surface area contributed by atoms with Crippen molar-refractivity contribution in [2.75, 3.05) is 19.6 Å². The third-order valence-corrected chi connectivity index (χ3v) is 3.84. The fourth-order valence-electron chi connectivity index (χ4n) is 2.54. The van der Waals surface area contributed by atoms with E-state index in [1.165, 1.54) is 12.1 Å². The Morgan fingerprint density at radius 2 is 2.27 bits per heavy atom. The zero-order valence-electron chi connectivity index (χ0n) is 12.2. The van der Waals surface area contributed by atoms with Gasteiger partial charge < -0.3 is 5.32 Å². The van der Waals surface area contributed by atoms with Gasteiger partial charge >= 0.3 is 0 Å². The molecule has 3 rings (SSSR count). The number of halogens is 3. The number of benzene rings is 1. The summed E-state index contributed by atoms with van der Waals surface area (Å²) in [5.74, 6) is -0.362. The lowest BCUT2D eigenvalue weighted by Crippen LogP contribution is -2.48. The summed E-state index contributed by atoms with van der Waals surface area (Å²) in [4.78, 5) is 2.34. The molecule has 2 aromatic rings. The van der Waals surface area contributed by atoms with E-state index in [2.05, 4.69) is 27.5 Å². The van der Waals surface area contributed by atoms with Gasteiger partial charge in [0.25, 0.3) is 0 Å². The molecule has 5 nitrogen and oxygen atoms in total. The number of hydrogen-bond donors (Lipinski definition) is 1. The molecule has 1 aliphatic heterocycles. The predicted octanol–water partition coefficient (Wildman–Crippen LogP) is 2.28. The summed E-state index contributed by atoms with van der Waals surface area (Å²) in [6, 6.07) is 4.72. The molecule has 1 atom stereocenters. The molecule has 0 unspecified atom stereocenters. The Hall–Kier alpha value is -1.21. The Kier molecular flexibility index (Phi) is 5.74. The molecule has 22 heavy (non-hydrogen) atoms. The Labute approximate surface area is 139 Å². The first kappa shape index (κ1) is 17.1. The van der Waals surface area contributed by atoms with Crippen LogP contribution in [0.4, 0.5) is 4.39 Å². The van der Waals surface area contributed by atoms with Crippen LogP contribution in [0.1, 0.15) is 12.6 Å². The van der Waals surface area contributed by atoms with Gasteiger partial charge in [0.2, 0.25) is 0 Å². The average molecular weight is 346 g/mol. The van der Waals surface area contributed by atoms with E-state index in [0.29, 0.717) is 16.8 Å². The summed E-state index contributed by atoms with van der Waals surface area (Å²) in [6.45, 7) is 5.89. The third-order valence-electron chi connectivity index (χ3n) is 3.54. The van der Waals surface area contributed by atoms with E-state index in [0.717, 1.165) is 31.9 Å². The summed E-state index contributed by atoms with van der Waals surface area (Å²) in [6.07, 6.45) is 1.84. The van der Waals surface area contributed by atoms with Gasteiger partial charge in [0.05, 0.1) is 22.6 Å². The minimum absolute atomic E-state index is 0. The standard InChI is InChI=1S/C14H17ClFN5.ClH/c1-10-7-20(5-4-17-10)8-12-9-21(19-18-12)14-3-2-11(16)6-13(14)15;/h2-3,6,9-10,17H,4-5,7-8H2,1H3;1H/t10-;/m0./s1. The van der Waals surface area contributed by atoms with Crippen LogP contribution in [0.5, 0.6) is 0 Å². The van der Waals surface area contributed by atoms with Gasteiger partial charge in [-0.15, -0.1) is 17.5 Å². The van der Waals surface area contributed by atoms with Crippen molar-refractivity contribution in [3.05, 3.63) is 40.9 Å². The van der Waals surface area contributed by atoms with Crippen molar-refractivity contribution in [2.45, 2.75) is 19.5 Å². The van der Waals surface area contributed by atoms with Crippen LogP contribution in [0.25, 0.3) is 5.69 Å². The van der Waals surface area contributed by atoms with Crippen molar-refractivity contribution in [2.24, 2.45) is 0 Å². The number of aromatic nitrogens is 3. The molecule has 0 spiro atoms. The topological polar surface area (TPSA) is 46.0 Å². The summed E-state index contributed by atoms with van der Waals surface area (Å²) in [7, 11) is 0. The quantitative estimate of drug-likeness (QED) is 0.926. The summed E-state index contributed by atoms with van der Waals surface area (Å²) in [5.41, 5.74) is 1.51. The van der Waals surface area contributed by atoms with E-state index in [4.69, 9.17) is 11.6 Å². The van der Waals surface area contributed by atoms with E-state index in [9.17, 15) is 4.39 Å². The van der Waals surface area contributed by atoms with Crippen LogP contribution in [-0.4, -0.2) is 45.6 Å². The van der Waals surface area contributed by atoms with Gasteiger partial charge in [-0.2, -0.15) is 0 Å². The molecular formula is C14H18Cl2FN5. The first-order valence-electron chi connectivity index (χ1n) is 6.94. The van der Waals surface area contributed by atoms with E-state index >= 15 is 0 Å². The highest BCUT2D eigenvalue weighted by molar-refractivity contribution is 6.32. The molecule has 8 heteroatoms. The molecule has 1 aromatic carbocycles. The molecule has 120 valence electrons. The molecule has 0 aliphatic carbocycles. The van der Waals surface area contributed by atoms with Crippen molar-refractivity contribution in [1.82, 2.24) is 25.2 Å². The molecule has 1 aromatic heterocycles. The minimum Gasteiger partial charge on any atom is -0.312 e. The maximum atomic E-state index is 13.1. The first-order valence-corrected chi connectivity index (χ1v) is 7.32. The lowest BCUT2D eigenvalue weighted by Gasteiger charge is -2.30. The smallest absolute Gasteiger partial charge is 0.124 e. The van der Waals surface area contributed by atoms with Crippen LogP contribution in [-0.2, 0) is 6.54 Å². The van der Waals surface area contributed by atoms with Crippen LogP contribution >= 0.6 is 24.0 Å². The molecule has 2 heterocycles. The van der Waals surface area contributed by atoms with Crippen LogP contribution in [0, 0.1) is 5.82 Å². The fraction of sp³-hybridized carbons (Fsp3) is 0.429. The van der Waals surface area contributed by atoms with Gasteiger partial charge in [-0.3, -0.25) is 4.90 Å². The average Bonchev–Trinajstić information content (AvgIpc) is 2.87. The van der Waals surface area contributed by atoms with E-state index in [-0.39, 0.29) is 18.2 Å². The fourth-order valence-corrected chi connectivity index (χ4v) is 2.79. The SMILES string of the molecule is C[C@H]1CN(Cc2cn(-c3ccc(F)cc3Cl)nn2)CCN1.Cl. The molecule has 1 saturated heterocycles. The number of hydrogen-bond acceptors (Lipinski definition) is 4. The highest BCUT2D eigenvalue weighted by atomic mass is 35.5. The molecule has 0 bridgehead atoms. The normalized spacial score (nSPS) is 19.0. The van der Waals surface area contributed by atoms with E-state index < -0.39 is 0 Å². The van der Waals surface area contributed by atoms with Gasteiger partial charge in [-0.05, 0) is 25.1 Å². The van der Waals surface area contributed by atoms with Gasteiger partial charge in [0, 0.05) is 32.2 Å². The number of nitrogens with one attached hydrogen (secondary N) is 1. The van der Waals surface area contributed by atoms with Crippen molar-refractivity contribution >= 4 is 24.0 Å². The van der Waals surface area contributed by atoms with Gasteiger partial charge in [-0.1, -0.05) is 16.8 Å². The minimum atomic E-state index is -0.362. The van der Waals surface area contributed by atoms with Crippen molar-refractivity contribution < 1.29 is 4.39 Å². The Balaban J connectivity index is 0.00000176. The second kappa shape index (κ2) is 7.37. The van der Waals surface area contributed by atoms with Crippen molar-refractivity contribution in [3.8, 4) is 5.69 Å². The van der Waals surface area contributed by atoms with Gasteiger partial charge in [-0.25, -0.2) is 9.07 Å². The first-order chi connectivity index (χ1) is 10.1. The largest absolute Gasteiger partial charge is 0.312 e. The second-order valence-corrected chi connectivity index (χ2v) is 5.75. The van der Waals surface area contributed by atoms with Crippen molar-refractivity contribution in [1.29, 1.82) is 0 Å². The van der Waals surface area contributed by atoms with Gasteiger partial charge in [0.15, 0.2) is 0 Å². The molecule has 0 amide bonds. The monoisotopic (exact) mass is 345 g/mol. The molecule has 1 N–H and O–H groups in total. The maximum absolute atomic E-state index is 13.1. The zero-order valence-corrected chi connectivity index (χ0v) is 13.7. The van der Waals surface area contributed by atoms with Crippen molar-refractivity contribution in [3.63, 3.8) is 0 Å². The summed E-state index contributed by atoms with van der Waals surface area (Å²) < 4.78 is 14.7. The molecular weight excluding hydrogens is 328 g/mol. The van der Waals surface area contributed by atoms with Crippen LogP contribution in [0.2, 0.25) is 5.02 Å². The highest BCUT2D eigenvalue weighted by Gasteiger charge is 2.17. The molecule has 1 aliphatic rings. The highest BCUT2D eigenvalue weighted by Crippen LogP contribution is 2.20. The van der Waals surface area contributed by atoms with Crippen LogP contribution in [0.3, 0.4) is 0 Å². The molecule has 0 radical (unpaired) electrons. The lowest BCUT2D eigenvalue weighted by molar-refractivity contribution is 0.197. The maximum Gasteiger partial charge on any atom is 0.124 e. The molecule has 1 fully saturated rings. The third kappa shape index (κ3) is 3.95. The molecule has 0 saturated carbocycles. The van der Waals surface area contributed by atoms with Crippen LogP contribution in [0.15, 0.2) is 24.4 Å². The Morgan fingerprint density at radius 1 is 1.45 bits per heavy atom. The summed E-state index contributed by atoms with van der Waals surface area (Å²) in [5, 5.41) is 12.0. The van der Waals surface area contributed by atoms with Crippen LogP contribution < -0.4 is 5.32 Å². The predicted molar refractivity (Wildman–Crippen MR) is 86.3 cm³/mol. The number of nitrogens with zero attached hydrogens (tertiary/aromatic N) is 4. The Bertz CT molecular complexity index is 633. The van der Waals surface area contributed by atoms with E-state index in [1.807, 2.05) is 6.20 Å². The lowest BCUT2D eigenvalue weighted by atomic mass is 10.2. The Morgan fingerprint density at radius 3 is 3.00 bits per heavy atom. The second-order valence-electron chi connectivity index (χ2n) is 5.34. The number of piperazine rings is 1. The van der Waals surface area contributed by atoms with Gasteiger partial charge in [0.1, 0.15) is 5.82 Å². The summed E-state index contributed by atoms with van der Waals surface area (Å²) >= 11 is 6.04. The number of rotatable bonds is 3. The van der Waals surface area contributed by atoms with E-state index in [1.54, 1.807) is 10.7 Å².